The van der Waals surface area contributed by atoms with Crippen molar-refractivity contribution in [3.05, 3.63) is 29.6 Å². The Morgan fingerprint density at radius 1 is 1.25 bits per heavy atom. The number of halogens is 3. The van der Waals surface area contributed by atoms with Gasteiger partial charge < -0.3 is 0 Å². The topological polar surface area (TPSA) is 76.1 Å². The van der Waals surface area contributed by atoms with E-state index in [1.54, 1.807) is 0 Å². The Morgan fingerprint density at radius 3 is 2.33 bits per heavy atom. The van der Waals surface area contributed by atoms with Crippen LogP contribution in [0.2, 0.25) is 0 Å². The molecule has 1 heterocycles. The van der Waals surface area contributed by atoms with Gasteiger partial charge in [0.2, 0.25) is 10.0 Å². The smallest absolute Gasteiger partial charge is 0.297 e. The van der Waals surface area contributed by atoms with Crippen LogP contribution in [0.25, 0.3) is 0 Å². The van der Waals surface area contributed by atoms with E-state index < -0.39 is 32.3 Å². The molecule has 1 rings (SSSR count). The lowest BCUT2D eigenvalue weighted by Gasteiger charge is -2.23. The van der Waals surface area contributed by atoms with E-state index in [9.17, 15) is 26.4 Å². The first kappa shape index (κ1) is 20.6. The second kappa shape index (κ2) is 7.60. The van der Waals surface area contributed by atoms with E-state index in [2.05, 4.69) is 9.71 Å². The number of pyridine rings is 1. The summed E-state index contributed by atoms with van der Waals surface area (Å²) < 4.78 is 62.6. The summed E-state index contributed by atoms with van der Waals surface area (Å²) in [6.45, 7) is 4.68. The molecule has 0 aliphatic heterocycles. The van der Waals surface area contributed by atoms with E-state index >= 15 is 0 Å². The van der Waals surface area contributed by atoms with Gasteiger partial charge in [0, 0.05) is 18.4 Å². The monoisotopic (exact) mass is 366 g/mol. The molecule has 1 aromatic rings. The maximum absolute atomic E-state index is 12.5. The Hall–Kier alpha value is -1.48. The SMILES string of the molecule is CCCCNS(=O)(=O)C(C)(C)C(=O)Cc1ccc(C(F)(F)F)cn1. The molecule has 0 saturated heterocycles. The first-order valence-corrected chi connectivity index (χ1v) is 8.94. The first-order chi connectivity index (χ1) is 10.9. The third-order valence-electron chi connectivity index (χ3n) is 3.66. The van der Waals surface area contributed by atoms with Crippen molar-refractivity contribution in [3.8, 4) is 0 Å². The minimum Gasteiger partial charge on any atom is -0.297 e. The Balaban J connectivity index is 2.85. The average molecular weight is 366 g/mol. The third kappa shape index (κ3) is 5.01. The molecule has 9 heteroatoms. The molecule has 24 heavy (non-hydrogen) atoms. The summed E-state index contributed by atoms with van der Waals surface area (Å²) in [5.74, 6) is -0.640. The van der Waals surface area contributed by atoms with Crippen LogP contribution in [0.1, 0.15) is 44.9 Å². The predicted molar refractivity (Wildman–Crippen MR) is 83.9 cm³/mol. The van der Waals surface area contributed by atoms with Gasteiger partial charge in [0.1, 0.15) is 4.75 Å². The Bertz CT molecular complexity index is 668. The van der Waals surface area contributed by atoms with Gasteiger partial charge in [0.15, 0.2) is 5.78 Å². The molecule has 0 fully saturated rings. The van der Waals surface area contributed by atoms with Crippen LogP contribution in [0.4, 0.5) is 13.2 Å². The summed E-state index contributed by atoms with van der Waals surface area (Å²) in [7, 11) is -3.89. The molecule has 0 bridgehead atoms. The summed E-state index contributed by atoms with van der Waals surface area (Å²) in [6.07, 6.45) is -2.80. The minimum atomic E-state index is -4.51. The van der Waals surface area contributed by atoms with Gasteiger partial charge in [0.25, 0.3) is 0 Å². The molecule has 136 valence electrons. The minimum absolute atomic E-state index is 0.0878. The second-order valence-electron chi connectivity index (χ2n) is 5.90. The number of hydrogen-bond donors (Lipinski definition) is 1. The molecule has 0 saturated carbocycles. The highest BCUT2D eigenvalue weighted by atomic mass is 32.2. The van der Waals surface area contributed by atoms with Gasteiger partial charge in [-0.2, -0.15) is 13.2 Å². The summed E-state index contributed by atoms with van der Waals surface area (Å²) in [6, 6.07) is 1.89. The molecule has 0 atom stereocenters. The largest absolute Gasteiger partial charge is 0.417 e. The van der Waals surface area contributed by atoms with Gasteiger partial charge >= 0.3 is 6.18 Å². The summed E-state index contributed by atoms with van der Waals surface area (Å²) in [5.41, 5.74) is -0.836. The van der Waals surface area contributed by atoms with E-state index in [1.807, 2.05) is 6.92 Å². The highest BCUT2D eigenvalue weighted by Gasteiger charge is 2.41. The van der Waals surface area contributed by atoms with Crippen LogP contribution in [-0.2, 0) is 27.4 Å². The van der Waals surface area contributed by atoms with Crippen LogP contribution >= 0.6 is 0 Å². The van der Waals surface area contributed by atoms with Crippen molar-refractivity contribution in [2.45, 2.75) is 51.0 Å². The number of sulfonamides is 1. The summed E-state index contributed by atoms with van der Waals surface area (Å²) in [5, 5.41) is 0. The molecule has 0 aliphatic carbocycles. The van der Waals surface area contributed by atoms with Crippen molar-refractivity contribution < 1.29 is 26.4 Å². The van der Waals surface area contributed by atoms with Gasteiger partial charge in [-0.1, -0.05) is 13.3 Å². The highest BCUT2D eigenvalue weighted by Crippen LogP contribution is 2.28. The van der Waals surface area contributed by atoms with Crippen molar-refractivity contribution in [2.75, 3.05) is 6.54 Å². The van der Waals surface area contributed by atoms with E-state index in [0.29, 0.717) is 12.6 Å². The molecular formula is C15H21F3N2O3S. The average Bonchev–Trinajstić information content (AvgIpc) is 2.46. The fraction of sp³-hybridized carbons (Fsp3) is 0.600. The van der Waals surface area contributed by atoms with Crippen LogP contribution < -0.4 is 4.72 Å². The Kier molecular flexibility index (Phi) is 6.52. The van der Waals surface area contributed by atoms with Crippen LogP contribution in [0.5, 0.6) is 0 Å². The number of rotatable bonds is 8. The molecular weight excluding hydrogens is 345 g/mol. The number of carbonyl (C=O) groups excluding carboxylic acids is 1. The van der Waals surface area contributed by atoms with Gasteiger partial charge in [-0.05, 0) is 32.4 Å². The molecule has 0 unspecified atom stereocenters. The third-order valence-corrected chi connectivity index (χ3v) is 5.81. The normalized spacial score (nSPS) is 13.1. The fourth-order valence-corrected chi connectivity index (χ4v) is 2.93. The van der Waals surface area contributed by atoms with Crippen molar-refractivity contribution >= 4 is 15.8 Å². The molecule has 1 N–H and O–H groups in total. The molecule has 5 nitrogen and oxygen atoms in total. The van der Waals surface area contributed by atoms with Crippen LogP contribution in [-0.4, -0.2) is 30.5 Å². The number of unbranched alkanes of at least 4 members (excludes halogenated alkanes) is 1. The highest BCUT2D eigenvalue weighted by molar-refractivity contribution is 7.91. The van der Waals surface area contributed by atoms with Crippen LogP contribution in [0.3, 0.4) is 0 Å². The molecule has 0 spiro atoms. The maximum atomic E-state index is 12.5. The lowest BCUT2D eigenvalue weighted by Crippen LogP contribution is -2.48. The number of ketones is 1. The van der Waals surface area contributed by atoms with Crippen molar-refractivity contribution in [3.63, 3.8) is 0 Å². The number of carbonyl (C=O) groups is 1. The van der Waals surface area contributed by atoms with Crippen LogP contribution in [0, 0.1) is 0 Å². The summed E-state index contributed by atoms with van der Waals surface area (Å²) in [4.78, 5) is 15.9. The Labute approximate surface area is 139 Å². The van der Waals surface area contributed by atoms with E-state index in [0.717, 1.165) is 18.6 Å². The first-order valence-electron chi connectivity index (χ1n) is 7.46. The zero-order valence-electron chi connectivity index (χ0n) is 13.8. The van der Waals surface area contributed by atoms with Gasteiger partial charge in [-0.25, -0.2) is 13.1 Å². The van der Waals surface area contributed by atoms with Crippen molar-refractivity contribution in [1.82, 2.24) is 9.71 Å². The quantitative estimate of drug-likeness (QED) is 0.718. The number of nitrogens with one attached hydrogen (secondary N) is 1. The zero-order chi connectivity index (χ0) is 18.6. The predicted octanol–water partition coefficient (Wildman–Crippen LogP) is 2.71. The van der Waals surface area contributed by atoms with E-state index in [4.69, 9.17) is 0 Å². The number of Topliss-reactive ketones (excluding diaryl/α,β-unsaturated/α-hetero) is 1. The molecule has 0 amide bonds. The fourth-order valence-electron chi connectivity index (χ4n) is 1.79. The second-order valence-corrected chi connectivity index (χ2v) is 8.21. The van der Waals surface area contributed by atoms with Crippen molar-refractivity contribution in [2.24, 2.45) is 0 Å². The van der Waals surface area contributed by atoms with Gasteiger partial charge in [-0.15, -0.1) is 0 Å². The lowest BCUT2D eigenvalue weighted by molar-refractivity contribution is -0.137. The maximum Gasteiger partial charge on any atom is 0.417 e. The molecule has 0 radical (unpaired) electrons. The van der Waals surface area contributed by atoms with Crippen LogP contribution in [0.15, 0.2) is 18.3 Å². The van der Waals surface area contributed by atoms with E-state index in [-0.39, 0.29) is 18.7 Å². The lowest BCUT2D eigenvalue weighted by atomic mass is 10.0. The number of aromatic nitrogens is 1. The van der Waals surface area contributed by atoms with Crippen molar-refractivity contribution in [1.29, 1.82) is 0 Å². The number of alkyl halides is 3. The summed E-state index contributed by atoms with van der Waals surface area (Å²) >= 11 is 0. The number of nitrogens with zero attached hydrogens (tertiary/aromatic N) is 1. The standard InChI is InChI=1S/C15H21F3N2O3S/c1-4-5-8-20-24(22,23)14(2,3)13(21)9-12-7-6-11(10-19-12)15(16,17)18/h6-7,10,20H,4-5,8-9H2,1-3H3. The van der Waals surface area contributed by atoms with Gasteiger partial charge in [-0.3, -0.25) is 9.78 Å². The molecule has 1 aromatic heterocycles. The molecule has 0 aliphatic rings. The Morgan fingerprint density at radius 2 is 1.88 bits per heavy atom. The van der Waals surface area contributed by atoms with Gasteiger partial charge in [0.05, 0.1) is 12.0 Å². The zero-order valence-corrected chi connectivity index (χ0v) is 14.6. The number of hydrogen-bond acceptors (Lipinski definition) is 4. The van der Waals surface area contributed by atoms with E-state index in [1.165, 1.54) is 13.8 Å². The molecule has 0 aromatic carbocycles.